The average Bonchev–Trinajstić information content (AvgIpc) is 2.59. The minimum Gasteiger partial charge on any atom is -0.399 e. The van der Waals surface area contributed by atoms with Crippen LogP contribution in [0.2, 0.25) is 0 Å². The average molecular weight is 281 g/mol. The van der Waals surface area contributed by atoms with E-state index in [1.807, 2.05) is 18.2 Å². The second-order valence-electron chi connectivity index (χ2n) is 7.04. The Morgan fingerprint density at radius 3 is 1.90 bits per heavy atom. The first-order valence-electron chi connectivity index (χ1n) is 7.30. The van der Waals surface area contributed by atoms with Gasteiger partial charge in [-0.15, -0.1) is 0 Å². The van der Waals surface area contributed by atoms with E-state index < -0.39 is 0 Å². The predicted octanol–water partition coefficient (Wildman–Crippen LogP) is 3.42. The SMILES string of the molecule is CC1(C)CC(C)(c2ccc(N)cc2)c2cc(N)c(N)cc21. The van der Waals surface area contributed by atoms with Gasteiger partial charge >= 0.3 is 0 Å². The number of hydrogen-bond acceptors (Lipinski definition) is 3. The minimum absolute atomic E-state index is 0.0612. The van der Waals surface area contributed by atoms with Crippen molar-refractivity contribution in [3.05, 3.63) is 53.1 Å². The molecule has 1 aliphatic carbocycles. The number of rotatable bonds is 1. The van der Waals surface area contributed by atoms with Crippen LogP contribution in [0.25, 0.3) is 0 Å². The van der Waals surface area contributed by atoms with Gasteiger partial charge in [0.25, 0.3) is 0 Å². The van der Waals surface area contributed by atoms with Crippen LogP contribution in [-0.4, -0.2) is 0 Å². The van der Waals surface area contributed by atoms with Crippen LogP contribution in [0.1, 0.15) is 43.9 Å². The molecule has 2 aromatic rings. The molecule has 0 fully saturated rings. The highest BCUT2D eigenvalue weighted by molar-refractivity contribution is 5.70. The van der Waals surface area contributed by atoms with E-state index >= 15 is 0 Å². The number of nitrogens with two attached hydrogens (primary N) is 3. The maximum atomic E-state index is 6.06. The van der Waals surface area contributed by atoms with Crippen molar-refractivity contribution in [2.24, 2.45) is 0 Å². The van der Waals surface area contributed by atoms with E-state index in [4.69, 9.17) is 17.2 Å². The number of benzene rings is 2. The molecular formula is C18H23N3. The second kappa shape index (κ2) is 4.17. The Morgan fingerprint density at radius 2 is 1.33 bits per heavy atom. The highest BCUT2D eigenvalue weighted by Crippen LogP contribution is 2.53. The number of nitrogen functional groups attached to an aromatic ring is 3. The molecular weight excluding hydrogens is 258 g/mol. The summed E-state index contributed by atoms with van der Waals surface area (Å²) in [5.74, 6) is 0. The molecule has 1 aliphatic rings. The Labute approximate surface area is 126 Å². The van der Waals surface area contributed by atoms with Crippen LogP contribution >= 0.6 is 0 Å². The summed E-state index contributed by atoms with van der Waals surface area (Å²) in [7, 11) is 0. The number of fused-ring (bicyclic) bond motifs is 1. The van der Waals surface area contributed by atoms with Crippen molar-refractivity contribution < 1.29 is 0 Å². The second-order valence-corrected chi connectivity index (χ2v) is 7.04. The Balaban J connectivity index is 2.24. The first kappa shape index (κ1) is 13.8. The quantitative estimate of drug-likeness (QED) is 0.701. The predicted molar refractivity (Wildman–Crippen MR) is 90.2 cm³/mol. The van der Waals surface area contributed by atoms with Gasteiger partial charge in [-0.05, 0) is 52.8 Å². The van der Waals surface area contributed by atoms with Crippen LogP contribution < -0.4 is 17.2 Å². The van der Waals surface area contributed by atoms with Gasteiger partial charge in [0, 0.05) is 11.1 Å². The lowest BCUT2D eigenvalue weighted by atomic mass is 9.75. The van der Waals surface area contributed by atoms with Crippen LogP contribution in [0, 0.1) is 0 Å². The largest absolute Gasteiger partial charge is 0.399 e. The summed E-state index contributed by atoms with van der Waals surface area (Å²) in [6, 6.07) is 12.3. The Bertz CT molecular complexity index is 701. The highest BCUT2D eigenvalue weighted by atomic mass is 14.7. The van der Waals surface area contributed by atoms with Crippen molar-refractivity contribution in [1.29, 1.82) is 0 Å². The van der Waals surface area contributed by atoms with Crippen molar-refractivity contribution in [2.75, 3.05) is 17.2 Å². The third-order valence-electron chi connectivity index (χ3n) is 4.89. The van der Waals surface area contributed by atoms with Crippen molar-refractivity contribution in [2.45, 2.75) is 38.0 Å². The normalized spacial score (nSPS) is 23.0. The molecule has 3 rings (SSSR count). The molecule has 3 nitrogen and oxygen atoms in total. The Hall–Kier alpha value is -2.16. The number of hydrogen-bond donors (Lipinski definition) is 3. The molecule has 0 spiro atoms. The molecule has 1 atom stereocenters. The van der Waals surface area contributed by atoms with Crippen LogP contribution in [0.5, 0.6) is 0 Å². The summed E-state index contributed by atoms with van der Waals surface area (Å²) in [5.41, 5.74) is 23.9. The lowest BCUT2D eigenvalue weighted by Gasteiger charge is -2.28. The smallest absolute Gasteiger partial charge is 0.0551 e. The molecule has 110 valence electrons. The Kier molecular flexibility index (Phi) is 2.74. The van der Waals surface area contributed by atoms with Gasteiger partial charge in [0.2, 0.25) is 0 Å². The standard InChI is InChI=1S/C18H23N3/c1-17(2)10-18(3,11-4-6-12(19)7-5-11)14-9-16(21)15(20)8-13(14)17/h4-9H,10,19-21H2,1-3H3. The van der Waals surface area contributed by atoms with E-state index in [2.05, 4.69) is 39.0 Å². The topological polar surface area (TPSA) is 78.1 Å². The molecule has 0 aromatic heterocycles. The third-order valence-corrected chi connectivity index (χ3v) is 4.89. The summed E-state index contributed by atoms with van der Waals surface area (Å²) < 4.78 is 0. The maximum Gasteiger partial charge on any atom is 0.0551 e. The van der Waals surface area contributed by atoms with Crippen molar-refractivity contribution in [3.63, 3.8) is 0 Å². The summed E-state index contributed by atoms with van der Waals surface area (Å²) in [6.07, 6.45) is 1.03. The fraction of sp³-hybridized carbons (Fsp3) is 0.333. The minimum atomic E-state index is -0.0612. The first-order valence-corrected chi connectivity index (χ1v) is 7.30. The van der Waals surface area contributed by atoms with Gasteiger partial charge in [-0.25, -0.2) is 0 Å². The molecule has 1 unspecified atom stereocenters. The molecule has 0 saturated heterocycles. The molecule has 3 heteroatoms. The summed E-state index contributed by atoms with van der Waals surface area (Å²) in [4.78, 5) is 0. The molecule has 0 heterocycles. The molecule has 6 N–H and O–H groups in total. The van der Waals surface area contributed by atoms with E-state index in [0.717, 1.165) is 12.1 Å². The monoisotopic (exact) mass is 281 g/mol. The van der Waals surface area contributed by atoms with Crippen LogP contribution in [0.15, 0.2) is 36.4 Å². The zero-order valence-corrected chi connectivity index (χ0v) is 12.9. The van der Waals surface area contributed by atoms with Crippen LogP contribution in [0.4, 0.5) is 17.1 Å². The van der Waals surface area contributed by atoms with E-state index in [0.29, 0.717) is 11.4 Å². The molecule has 2 aromatic carbocycles. The van der Waals surface area contributed by atoms with Crippen molar-refractivity contribution in [3.8, 4) is 0 Å². The van der Waals surface area contributed by atoms with Gasteiger partial charge < -0.3 is 17.2 Å². The van der Waals surface area contributed by atoms with E-state index in [1.165, 1.54) is 16.7 Å². The van der Waals surface area contributed by atoms with Gasteiger partial charge in [0.15, 0.2) is 0 Å². The van der Waals surface area contributed by atoms with Gasteiger partial charge in [0.05, 0.1) is 11.4 Å². The molecule has 0 amide bonds. The van der Waals surface area contributed by atoms with E-state index in [-0.39, 0.29) is 10.8 Å². The zero-order valence-electron chi connectivity index (χ0n) is 12.9. The van der Waals surface area contributed by atoms with Gasteiger partial charge in [-0.3, -0.25) is 0 Å². The van der Waals surface area contributed by atoms with Gasteiger partial charge in [0.1, 0.15) is 0 Å². The van der Waals surface area contributed by atoms with Crippen LogP contribution in [0.3, 0.4) is 0 Å². The lowest BCUT2D eigenvalue weighted by Crippen LogP contribution is -2.23. The Morgan fingerprint density at radius 1 is 0.810 bits per heavy atom. The van der Waals surface area contributed by atoms with E-state index in [1.54, 1.807) is 0 Å². The number of anilines is 3. The fourth-order valence-electron chi connectivity index (χ4n) is 3.83. The zero-order chi connectivity index (χ0) is 15.4. The first-order chi connectivity index (χ1) is 9.74. The summed E-state index contributed by atoms with van der Waals surface area (Å²) >= 11 is 0. The van der Waals surface area contributed by atoms with Crippen molar-refractivity contribution >= 4 is 17.1 Å². The summed E-state index contributed by atoms with van der Waals surface area (Å²) in [6.45, 7) is 6.82. The molecule has 21 heavy (non-hydrogen) atoms. The van der Waals surface area contributed by atoms with Gasteiger partial charge in [-0.1, -0.05) is 32.9 Å². The maximum absolute atomic E-state index is 6.06. The third kappa shape index (κ3) is 1.96. The lowest BCUT2D eigenvalue weighted by molar-refractivity contribution is 0.425. The van der Waals surface area contributed by atoms with Crippen LogP contribution in [-0.2, 0) is 10.8 Å². The van der Waals surface area contributed by atoms with E-state index in [9.17, 15) is 0 Å². The molecule has 0 radical (unpaired) electrons. The van der Waals surface area contributed by atoms with Gasteiger partial charge in [-0.2, -0.15) is 0 Å². The molecule has 0 bridgehead atoms. The molecule has 0 aliphatic heterocycles. The molecule has 0 saturated carbocycles. The fourth-order valence-corrected chi connectivity index (χ4v) is 3.83. The highest BCUT2D eigenvalue weighted by Gasteiger charge is 2.46. The van der Waals surface area contributed by atoms with Crippen molar-refractivity contribution in [1.82, 2.24) is 0 Å². The summed E-state index contributed by atoms with van der Waals surface area (Å²) in [5, 5.41) is 0.